The summed E-state index contributed by atoms with van der Waals surface area (Å²) < 4.78 is 256. The molecular formula is C54H72N24O12. The van der Waals surface area contributed by atoms with Gasteiger partial charge in [-0.05, 0) is 41.5 Å². The van der Waals surface area contributed by atoms with Gasteiger partial charge in [0.15, 0.2) is 67.0 Å². The minimum Gasteiger partial charge on any atom is -0.328 e. The Morgan fingerprint density at radius 3 is 0.833 bits per heavy atom. The summed E-state index contributed by atoms with van der Waals surface area (Å²) in [4.78, 5) is 168. The molecule has 12 aromatic rings. The van der Waals surface area contributed by atoms with E-state index in [1.807, 2.05) is 0 Å². The average molecular weight is 1280 g/mol. The van der Waals surface area contributed by atoms with Crippen molar-refractivity contribution in [3.05, 3.63) is 163 Å². The lowest BCUT2D eigenvalue weighted by Gasteiger charge is -2.05. The Balaban J connectivity index is 0.000000203. The van der Waals surface area contributed by atoms with Crippen LogP contribution in [0.4, 0.5) is 0 Å². The second-order valence-electron chi connectivity index (χ2n) is 17.9. The second-order valence-corrected chi connectivity index (χ2v) is 17.9. The lowest BCUT2D eigenvalue weighted by atomic mass is 10.5. The molecule has 480 valence electrons. The summed E-state index contributed by atoms with van der Waals surface area (Å²) in [5, 5.41) is 0. The molecule has 12 aromatic heterocycles. The van der Waals surface area contributed by atoms with E-state index < -0.39 is 190 Å². The number of fused-ring (bicyclic) bond motifs is 6. The Morgan fingerprint density at radius 1 is 0.300 bits per heavy atom. The van der Waals surface area contributed by atoms with Crippen molar-refractivity contribution < 1.29 is 45.2 Å². The zero-order valence-electron chi connectivity index (χ0n) is 81.5. The summed E-state index contributed by atoms with van der Waals surface area (Å²) in [6, 6.07) is 0. The molecule has 0 aromatic carbocycles. The van der Waals surface area contributed by atoms with Crippen LogP contribution in [0.5, 0.6) is 0 Å². The molecule has 12 heterocycles. The number of hydrogen-bond acceptors (Lipinski definition) is 18. The van der Waals surface area contributed by atoms with Crippen molar-refractivity contribution in [3.63, 3.8) is 0 Å². The molecular weight excluding hydrogens is 1180 g/mol. The monoisotopic (exact) mass is 1280 g/mol. The van der Waals surface area contributed by atoms with Crippen molar-refractivity contribution in [1.29, 1.82) is 0 Å². The van der Waals surface area contributed by atoms with Crippen LogP contribution in [0.3, 0.4) is 0 Å². The van der Waals surface area contributed by atoms with E-state index in [0.717, 1.165) is 51.7 Å². The van der Waals surface area contributed by atoms with Crippen molar-refractivity contribution >= 4 is 67.0 Å². The molecule has 90 heavy (non-hydrogen) atoms. The Kier molecular flexibility index (Phi) is 9.98. The van der Waals surface area contributed by atoms with Crippen molar-refractivity contribution in [2.24, 2.45) is 84.0 Å². The molecule has 0 saturated heterocycles. The van der Waals surface area contributed by atoms with Crippen molar-refractivity contribution in [3.8, 4) is 0 Å². The van der Waals surface area contributed by atoms with E-state index in [9.17, 15) is 57.5 Å². The minimum atomic E-state index is -2.97. The van der Waals surface area contributed by atoms with E-state index in [1.54, 1.807) is 6.92 Å². The van der Waals surface area contributed by atoms with Crippen LogP contribution < -0.4 is 67.5 Å². The van der Waals surface area contributed by atoms with E-state index >= 15 is 0 Å². The minimum absolute atomic E-state index is 0.0874. The third kappa shape index (κ3) is 11.2. The van der Waals surface area contributed by atoms with E-state index in [0.29, 0.717) is 41.1 Å². The first-order valence-electron chi connectivity index (χ1n) is 41.7. The van der Waals surface area contributed by atoms with Crippen molar-refractivity contribution in [2.45, 2.75) is 80.7 Å². The first kappa shape index (κ1) is 34.4. The Labute approximate surface area is 552 Å². The largest absolute Gasteiger partial charge is 0.332 e. The summed E-state index contributed by atoms with van der Waals surface area (Å²) in [6.07, 6.45) is 1.17. The average Bonchev–Trinajstić information content (AvgIpc) is 1.61. The summed E-state index contributed by atoms with van der Waals surface area (Å²) >= 11 is 0. The van der Waals surface area contributed by atoms with Gasteiger partial charge in [0, 0.05) is 164 Å². The highest BCUT2D eigenvalue weighted by molar-refractivity contribution is 5.73. The Bertz CT molecular complexity index is 6990. The highest BCUT2D eigenvalue weighted by atomic mass is 16.2. The van der Waals surface area contributed by atoms with Gasteiger partial charge in [0.05, 0.1) is 37.9 Å². The van der Waals surface area contributed by atoms with E-state index in [4.69, 9.17) is 45.2 Å². The summed E-state index contributed by atoms with van der Waals surface area (Å²) in [5.74, 6) is 0. The van der Waals surface area contributed by atoms with E-state index in [-0.39, 0.29) is 76.9 Å². The molecule has 0 saturated carbocycles. The van der Waals surface area contributed by atoms with Crippen molar-refractivity contribution in [1.82, 2.24) is 112 Å². The first-order chi connectivity index (χ1) is 55.4. The molecule has 0 amide bonds. The topological polar surface area (TPSA) is 371 Å². The van der Waals surface area contributed by atoms with E-state index in [2.05, 4.69) is 29.9 Å². The predicted octanol–water partition coefficient (Wildman–Crippen LogP) is -3.28. The fourth-order valence-corrected chi connectivity index (χ4v) is 8.42. The van der Waals surface area contributed by atoms with Crippen LogP contribution in [-0.2, 0) is 123 Å². The van der Waals surface area contributed by atoms with Crippen molar-refractivity contribution in [2.75, 3.05) is 0 Å². The van der Waals surface area contributed by atoms with Crippen LogP contribution in [0.25, 0.3) is 67.0 Å². The number of imidazole rings is 6. The van der Waals surface area contributed by atoms with Crippen LogP contribution in [0.2, 0.25) is 0 Å². The van der Waals surface area contributed by atoms with Crippen LogP contribution in [0.1, 0.15) is 86.8 Å². The Morgan fingerprint density at radius 2 is 0.522 bits per heavy atom. The third-order valence-electron chi connectivity index (χ3n) is 12.9. The van der Waals surface area contributed by atoms with Gasteiger partial charge in [-0.15, -0.1) is 0 Å². The summed E-state index contributed by atoms with van der Waals surface area (Å²) in [5.41, 5.74) is -16.0. The summed E-state index contributed by atoms with van der Waals surface area (Å²) in [6.45, 7) is -22.2. The van der Waals surface area contributed by atoms with Crippen LogP contribution in [0.15, 0.2) is 95.4 Å². The molecule has 0 spiro atoms. The van der Waals surface area contributed by atoms with Gasteiger partial charge in [0.25, 0.3) is 33.4 Å². The fraction of sp³-hybridized carbons (Fsp3) is 0.444. The smallest absolute Gasteiger partial charge is 0.328 e. The van der Waals surface area contributed by atoms with Crippen LogP contribution in [0, 0.1) is 0 Å². The second kappa shape index (κ2) is 26.1. The molecule has 0 aliphatic carbocycles. The fourth-order valence-electron chi connectivity index (χ4n) is 8.42. The van der Waals surface area contributed by atoms with Gasteiger partial charge >= 0.3 is 34.1 Å². The molecule has 0 unspecified atom stereocenters. The lowest BCUT2D eigenvalue weighted by Crippen LogP contribution is -2.39. The maximum atomic E-state index is 12.3. The standard InChI is InChI=1S/6C9H12N4O2/c6*1-4-13-8(14)6-7(10-5-11(6)2)12(3)9(13)15/h6*5H,4H2,1-3H3/i3D3,4D2,5D;2D3,3D3,5D;3D3,4D2;2D3,5D;2D3,4D2;2D3,3D3. The molecule has 36 heteroatoms. The number of rotatable bonds is 6. The molecule has 36 nitrogen and oxygen atoms in total. The van der Waals surface area contributed by atoms with Gasteiger partial charge in [-0.1, -0.05) is 0 Å². The molecule has 0 radical (unpaired) electrons. The van der Waals surface area contributed by atoms with Gasteiger partial charge in [0.2, 0.25) is 0 Å². The SMILES string of the molecule is [2H]C([2H])([2H])n1c(=O)n(C([2H])([2H])C)c(=O)c2c1ncn2C.[2H]C([2H])([2H])n1cnc2c1c(=O)n(C([2H])([2H])C)c(=O)n2C.[2H]C([2H])([2H])n1cnc2c1c(=O)n(CC)c(=O)n2C([2H])([2H])[2H].[2H]c1nc2c(c(=O)n(C([2H])([2H])C)c(=O)n2C([2H])([2H])[2H])n1C.[2H]c1nc2c(c(=O)n(CC)c(=O)n2C([2H])([2H])[2H])n1C([2H])([2H])[2H].[2H]c1nc2c(c(=O)n(CC)c(=O)n2C)n1C([2H])([2H])[2H]. The molecule has 0 aliphatic rings. The highest BCUT2D eigenvalue weighted by Gasteiger charge is 2.19. The molecule has 12 rings (SSSR count). The maximum absolute atomic E-state index is 12.3. The molecule has 0 bridgehead atoms. The van der Waals surface area contributed by atoms with Crippen LogP contribution >= 0.6 is 0 Å². The first-order valence-corrected chi connectivity index (χ1v) is 25.2. The highest BCUT2D eigenvalue weighted by Crippen LogP contribution is 2.07. The van der Waals surface area contributed by atoms with Gasteiger partial charge in [-0.25, -0.2) is 58.7 Å². The molecule has 0 N–H and O–H groups in total. The zero-order valence-corrected chi connectivity index (χ0v) is 48.5. The molecule has 0 fully saturated rings. The number of hydrogen-bond donors (Lipinski definition) is 0. The quantitative estimate of drug-likeness (QED) is 0.158. The molecule has 0 aliphatic heterocycles. The maximum Gasteiger partial charge on any atom is 0.332 e. The van der Waals surface area contributed by atoms with Gasteiger partial charge in [0.1, 0.15) is 4.11 Å². The summed E-state index contributed by atoms with van der Waals surface area (Å²) in [7, 11) is 5.44. The number of aryl methyl sites for hydroxylation is 12. The molecule has 0 atom stereocenters. The zero-order chi connectivity index (χ0) is 95.0. The lowest BCUT2D eigenvalue weighted by molar-refractivity contribution is 0.635. The van der Waals surface area contributed by atoms with Crippen LogP contribution in [-0.4, -0.2) is 112 Å². The van der Waals surface area contributed by atoms with E-state index in [1.165, 1.54) is 52.9 Å². The van der Waals surface area contributed by atoms with Gasteiger partial charge < -0.3 is 27.4 Å². The number of aromatic nitrogens is 24. The van der Waals surface area contributed by atoms with Gasteiger partial charge in [-0.3, -0.25) is 83.6 Å². The Hall–Kier alpha value is -11.1. The van der Waals surface area contributed by atoms with Gasteiger partial charge in [-0.2, -0.15) is 0 Å². The normalized spacial score (nSPS) is 18.1. The number of nitrogens with zero attached hydrogens (tertiary/aromatic N) is 24. The third-order valence-corrected chi connectivity index (χ3v) is 12.9. The predicted molar refractivity (Wildman–Crippen MR) is 335 cm³/mol.